The highest BCUT2D eigenvalue weighted by Gasteiger charge is 2.27. The molecular weight excluding hydrogens is 287 g/mol. The molecule has 1 amide bonds. The molecule has 6 heteroatoms. The number of carbonyl (C=O) groups excluding carboxylic acids is 1. The van der Waals surface area contributed by atoms with Crippen molar-refractivity contribution < 1.29 is 9.53 Å². The molecule has 0 saturated carbocycles. The number of rotatable bonds is 3. The van der Waals surface area contributed by atoms with Crippen LogP contribution in [-0.4, -0.2) is 37.6 Å². The Bertz CT molecular complexity index is 471. The third-order valence-corrected chi connectivity index (χ3v) is 3.93. The van der Waals surface area contributed by atoms with Crippen molar-refractivity contribution in [3.8, 4) is 0 Å². The Labute approximate surface area is 122 Å². The number of nitrogens with two attached hydrogens (primary N) is 1. The van der Waals surface area contributed by atoms with E-state index in [1.54, 1.807) is 24.1 Å². The van der Waals surface area contributed by atoms with Crippen molar-refractivity contribution >= 4 is 34.8 Å². The summed E-state index contributed by atoms with van der Waals surface area (Å²) in [5, 5.41) is 0.618. The van der Waals surface area contributed by atoms with E-state index in [-0.39, 0.29) is 5.91 Å². The zero-order chi connectivity index (χ0) is 14.0. The number of nitrogen functional groups attached to an aromatic ring is 1. The third kappa shape index (κ3) is 3.14. The number of benzene rings is 1. The molecule has 0 bridgehead atoms. The van der Waals surface area contributed by atoms with Crippen molar-refractivity contribution in [3.05, 3.63) is 27.7 Å². The van der Waals surface area contributed by atoms with E-state index in [0.29, 0.717) is 40.4 Å². The van der Waals surface area contributed by atoms with Gasteiger partial charge in [0, 0.05) is 31.7 Å². The molecule has 1 unspecified atom stereocenters. The number of anilines is 1. The molecule has 104 valence electrons. The van der Waals surface area contributed by atoms with Gasteiger partial charge in [0.25, 0.3) is 5.91 Å². The maximum Gasteiger partial charge on any atom is 0.253 e. The number of nitrogens with zero attached hydrogens (tertiary/aromatic N) is 1. The van der Waals surface area contributed by atoms with Gasteiger partial charge in [-0.3, -0.25) is 4.79 Å². The predicted octanol–water partition coefficient (Wildman–Crippen LogP) is 2.68. The van der Waals surface area contributed by atoms with Crippen LogP contribution in [0.2, 0.25) is 10.0 Å². The second-order valence-electron chi connectivity index (χ2n) is 4.71. The lowest BCUT2D eigenvalue weighted by atomic mass is 10.1. The first-order valence-corrected chi connectivity index (χ1v) is 6.81. The van der Waals surface area contributed by atoms with Crippen molar-refractivity contribution in [2.45, 2.75) is 6.42 Å². The molecule has 1 aromatic rings. The Balaban J connectivity index is 2.13. The molecule has 0 aliphatic carbocycles. The molecule has 19 heavy (non-hydrogen) atoms. The molecule has 2 rings (SSSR count). The lowest BCUT2D eigenvalue weighted by Crippen LogP contribution is -2.29. The van der Waals surface area contributed by atoms with Gasteiger partial charge in [-0.05, 0) is 18.6 Å². The van der Waals surface area contributed by atoms with E-state index in [4.69, 9.17) is 33.7 Å². The number of halogens is 2. The SMILES string of the molecule is COCC1CCN(C(=O)c2cc(Cl)c(N)c(Cl)c2)C1. The topological polar surface area (TPSA) is 55.6 Å². The summed E-state index contributed by atoms with van der Waals surface area (Å²) in [4.78, 5) is 14.1. The van der Waals surface area contributed by atoms with E-state index in [1.165, 1.54) is 0 Å². The van der Waals surface area contributed by atoms with Gasteiger partial charge in [-0.25, -0.2) is 0 Å². The molecule has 0 radical (unpaired) electrons. The lowest BCUT2D eigenvalue weighted by molar-refractivity contribution is 0.0775. The van der Waals surface area contributed by atoms with E-state index in [2.05, 4.69) is 0 Å². The van der Waals surface area contributed by atoms with Crippen molar-refractivity contribution in [2.75, 3.05) is 32.5 Å². The standard InChI is InChI=1S/C13H16Cl2N2O2/c1-19-7-8-2-3-17(6-8)13(18)9-4-10(14)12(16)11(15)5-9/h4-5,8H,2-3,6-7,16H2,1H3. The largest absolute Gasteiger partial charge is 0.396 e. The van der Waals surface area contributed by atoms with Crippen LogP contribution in [0.15, 0.2) is 12.1 Å². The molecule has 1 heterocycles. The fourth-order valence-corrected chi connectivity index (χ4v) is 2.77. The molecule has 0 aromatic heterocycles. The fourth-order valence-electron chi connectivity index (χ4n) is 2.28. The Morgan fingerprint density at radius 1 is 1.47 bits per heavy atom. The molecule has 1 aliphatic rings. The van der Waals surface area contributed by atoms with Gasteiger partial charge in [-0.2, -0.15) is 0 Å². The summed E-state index contributed by atoms with van der Waals surface area (Å²) in [6.07, 6.45) is 0.954. The minimum Gasteiger partial charge on any atom is -0.396 e. The molecule has 0 spiro atoms. The highest BCUT2D eigenvalue weighted by atomic mass is 35.5. The van der Waals surface area contributed by atoms with Gasteiger partial charge < -0.3 is 15.4 Å². The van der Waals surface area contributed by atoms with E-state index >= 15 is 0 Å². The van der Waals surface area contributed by atoms with Crippen LogP contribution in [0.3, 0.4) is 0 Å². The summed E-state index contributed by atoms with van der Waals surface area (Å²) in [6, 6.07) is 3.13. The summed E-state index contributed by atoms with van der Waals surface area (Å²) in [6.45, 7) is 2.10. The molecule has 1 atom stereocenters. The maximum atomic E-state index is 12.3. The van der Waals surface area contributed by atoms with Crippen molar-refractivity contribution in [1.82, 2.24) is 4.90 Å². The Morgan fingerprint density at radius 3 is 2.68 bits per heavy atom. The highest BCUT2D eigenvalue weighted by Crippen LogP contribution is 2.30. The monoisotopic (exact) mass is 302 g/mol. The maximum absolute atomic E-state index is 12.3. The van der Waals surface area contributed by atoms with Gasteiger partial charge in [0.2, 0.25) is 0 Å². The van der Waals surface area contributed by atoms with E-state index in [0.717, 1.165) is 13.0 Å². The average Bonchev–Trinajstić information content (AvgIpc) is 2.83. The fraction of sp³-hybridized carbons (Fsp3) is 0.462. The van der Waals surface area contributed by atoms with Gasteiger partial charge in [0.1, 0.15) is 0 Å². The van der Waals surface area contributed by atoms with Crippen LogP contribution < -0.4 is 5.73 Å². The lowest BCUT2D eigenvalue weighted by Gasteiger charge is -2.17. The Hall–Kier alpha value is -0.970. The summed E-state index contributed by atoms with van der Waals surface area (Å²) >= 11 is 11.9. The minimum absolute atomic E-state index is 0.0672. The van der Waals surface area contributed by atoms with Gasteiger partial charge in [0.15, 0.2) is 0 Å². The Kier molecular flexibility index (Phi) is 4.55. The van der Waals surface area contributed by atoms with Crippen LogP contribution in [0.25, 0.3) is 0 Å². The zero-order valence-electron chi connectivity index (χ0n) is 10.7. The summed E-state index contributed by atoms with van der Waals surface area (Å²) in [5.74, 6) is 0.330. The van der Waals surface area contributed by atoms with Gasteiger partial charge in [-0.15, -0.1) is 0 Å². The van der Waals surface area contributed by atoms with Crippen LogP contribution in [0, 0.1) is 5.92 Å². The summed E-state index contributed by atoms with van der Waals surface area (Å²) in [5.41, 5.74) is 6.44. The third-order valence-electron chi connectivity index (χ3n) is 3.30. The minimum atomic E-state index is -0.0672. The molecular formula is C13H16Cl2N2O2. The van der Waals surface area contributed by atoms with E-state index in [9.17, 15) is 4.79 Å². The van der Waals surface area contributed by atoms with Crippen molar-refractivity contribution in [2.24, 2.45) is 5.92 Å². The first kappa shape index (κ1) is 14.4. The number of hydrogen-bond acceptors (Lipinski definition) is 3. The molecule has 1 fully saturated rings. The first-order chi connectivity index (χ1) is 9.02. The average molecular weight is 303 g/mol. The number of methoxy groups -OCH3 is 1. The summed E-state index contributed by atoms with van der Waals surface area (Å²) in [7, 11) is 1.67. The van der Waals surface area contributed by atoms with Crippen LogP contribution >= 0.6 is 23.2 Å². The number of hydrogen-bond donors (Lipinski definition) is 1. The second kappa shape index (κ2) is 5.99. The van der Waals surface area contributed by atoms with Gasteiger partial charge in [0.05, 0.1) is 22.3 Å². The number of carbonyl (C=O) groups is 1. The quantitative estimate of drug-likeness (QED) is 0.874. The van der Waals surface area contributed by atoms with Crippen molar-refractivity contribution in [1.29, 1.82) is 0 Å². The molecule has 1 aliphatic heterocycles. The highest BCUT2D eigenvalue weighted by molar-refractivity contribution is 6.39. The van der Waals surface area contributed by atoms with Crippen molar-refractivity contribution in [3.63, 3.8) is 0 Å². The van der Waals surface area contributed by atoms with Gasteiger partial charge in [-0.1, -0.05) is 23.2 Å². The molecule has 4 nitrogen and oxygen atoms in total. The van der Waals surface area contributed by atoms with E-state index in [1.807, 2.05) is 0 Å². The molecule has 2 N–H and O–H groups in total. The number of amides is 1. The summed E-state index contributed by atoms with van der Waals surface area (Å²) < 4.78 is 5.12. The smallest absolute Gasteiger partial charge is 0.253 e. The van der Waals surface area contributed by atoms with Crippen LogP contribution in [0.5, 0.6) is 0 Å². The first-order valence-electron chi connectivity index (χ1n) is 6.05. The van der Waals surface area contributed by atoms with E-state index < -0.39 is 0 Å². The van der Waals surface area contributed by atoms with Gasteiger partial charge >= 0.3 is 0 Å². The predicted molar refractivity (Wildman–Crippen MR) is 76.8 cm³/mol. The Morgan fingerprint density at radius 2 is 2.11 bits per heavy atom. The molecule has 1 aromatic carbocycles. The number of ether oxygens (including phenoxy) is 1. The zero-order valence-corrected chi connectivity index (χ0v) is 12.2. The number of likely N-dealkylation sites (tertiary alicyclic amines) is 1. The van der Waals surface area contributed by atoms with Crippen LogP contribution in [0.4, 0.5) is 5.69 Å². The van der Waals surface area contributed by atoms with Crippen LogP contribution in [0.1, 0.15) is 16.8 Å². The molecule has 1 saturated heterocycles. The van der Waals surface area contributed by atoms with Crippen LogP contribution in [-0.2, 0) is 4.74 Å². The normalized spacial score (nSPS) is 18.9. The second-order valence-corrected chi connectivity index (χ2v) is 5.53.